The first kappa shape index (κ1) is 15.8. The van der Waals surface area contributed by atoms with Gasteiger partial charge in [-0.3, -0.25) is 9.69 Å². The second-order valence-electron chi connectivity index (χ2n) is 5.04. The van der Waals surface area contributed by atoms with E-state index in [0.717, 1.165) is 19.2 Å². The van der Waals surface area contributed by atoms with Crippen LogP contribution in [0.3, 0.4) is 0 Å². The quantitative estimate of drug-likeness (QED) is 0.790. The van der Waals surface area contributed by atoms with Crippen LogP contribution in [0.2, 0.25) is 0 Å². The van der Waals surface area contributed by atoms with Crippen LogP contribution in [0.1, 0.15) is 33.3 Å². The number of nitrogens with zero attached hydrogens (tertiary/aromatic N) is 1. The van der Waals surface area contributed by atoms with E-state index in [1.807, 2.05) is 32.6 Å². The Morgan fingerprint density at radius 1 is 1.21 bits per heavy atom. The number of benzene rings is 1. The van der Waals surface area contributed by atoms with Crippen LogP contribution in [0, 0.1) is 11.6 Å². The SMILES string of the molecule is CCN(CC)C(C)(C)C(=O)Cc1cccc(F)c1F. The van der Waals surface area contributed by atoms with Crippen LogP contribution in [0.5, 0.6) is 0 Å². The lowest BCUT2D eigenvalue weighted by molar-refractivity contribution is -0.128. The van der Waals surface area contributed by atoms with Gasteiger partial charge in [-0.15, -0.1) is 0 Å². The Hall–Kier alpha value is -1.29. The Morgan fingerprint density at radius 3 is 2.32 bits per heavy atom. The maximum atomic E-state index is 13.6. The van der Waals surface area contributed by atoms with Crippen molar-refractivity contribution in [2.24, 2.45) is 0 Å². The summed E-state index contributed by atoms with van der Waals surface area (Å²) in [6.45, 7) is 9.06. The number of carbonyl (C=O) groups is 1. The number of halogens is 2. The minimum atomic E-state index is -0.925. The van der Waals surface area contributed by atoms with Crippen LogP contribution in [0.4, 0.5) is 8.78 Å². The molecule has 0 amide bonds. The maximum absolute atomic E-state index is 13.6. The van der Waals surface area contributed by atoms with Crippen LogP contribution in [0.15, 0.2) is 18.2 Å². The molecule has 0 radical (unpaired) electrons. The van der Waals surface area contributed by atoms with Crippen molar-refractivity contribution in [3.63, 3.8) is 0 Å². The summed E-state index contributed by atoms with van der Waals surface area (Å²) in [7, 11) is 0. The van der Waals surface area contributed by atoms with Gasteiger partial charge >= 0.3 is 0 Å². The molecule has 0 bridgehead atoms. The van der Waals surface area contributed by atoms with E-state index >= 15 is 0 Å². The zero-order chi connectivity index (χ0) is 14.6. The van der Waals surface area contributed by atoms with Gasteiger partial charge in [0, 0.05) is 6.42 Å². The van der Waals surface area contributed by atoms with Crippen LogP contribution >= 0.6 is 0 Å². The standard InChI is InChI=1S/C15H21F2NO/c1-5-18(6-2)15(3,4)13(19)10-11-8-7-9-12(16)14(11)17/h7-9H,5-6,10H2,1-4H3. The molecule has 0 spiro atoms. The largest absolute Gasteiger partial charge is 0.297 e. The minimum absolute atomic E-state index is 0.0902. The second kappa shape index (κ2) is 6.24. The number of rotatable bonds is 6. The fourth-order valence-electron chi connectivity index (χ4n) is 2.26. The molecule has 0 aliphatic rings. The smallest absolute Gasteiger partial charge is 0.162 e. The van der Waals surface area contributed by atoms with Crippen molar-refractivity contribution in [1.82, 2.24) is 4.90 Å². The highest BCUT2D eigenvalue weighted by molar-refractivity contribution is 5.89. The topological polar surface area (TPSA) is 20.3 Å². The van der Waals surface area contributed by atoms with E-state index < -0.39 is 17.2 Å². The summed E-state index contributed by atoms with van der Waals surface area (Å²) in [4.78, 5) is 14.3. The molecule has 0 saturated heterocycles. The van der Waals surface area contributed by atoms with Crippen molar-refractivity contribution in [2.75, 3.05) is 13.1 Å². The Labute approximate surface area is 113 Å². The van der Waals surface area contributed by atoms with Gasteiger partial charge in [0.2, 0.25) is 0 Å². The van der Waals surface area contributed by atoms with Crippen molar-refractivity contribution >= 4 is 5.78 Å². The Kier molecular flexibility index (Phi) is 5.18. The summed E-state index contributed by atoms with van der Waals surface area (Å²) >= 11 is 0. The molecule has 0 atom stereocenters. The van der Waals surface area contributed by atoms with Gasteiger partial charge in [-0.05, 0) is 38.6 Å². The highest BCUT2D eigenvalue weighted by Crippen LogP contribution is 2.20. The second-order valence-corrected chi connectivity index (χ2v) is 5.04. The Balaban J connectivity index is 2.93. The third-order valence-corrected chi connectivity index (χ3v) is 3.62. The number of hydrogen-bond acceptors (Lipinski definition) is 2. The van der Waals surface area contributed by atoms with Crippen molar-refractivity contribution < 1.29 is 13.6 Å². The third-order valence-electron chi connectivity index (χ3n) is 3.62. The zero-order valence-corrected chi connectivity index (χ0v) is 12.0. The van der Waals surface area contributed by atoms with Crippen LogP contribution in [-0.4, -0.2) is 29.3 Å². The predicted molar refractivity (Wildman–Crippen MR) is 72.1 cm³/mol. The minimum Gasteiger partial charge on any atom is -0.297 e. The van der Waals surface area contributed by atoms with Gasteiger partial charge in [0.05, 0.1) is 5.54 Å². The highest BCUT2D eigenvalue weighted by atomic mass is 19.2. The van der Waals surface area contributed by atoms with E-state index in [1.165, 1.54) is 12.1 Å². The van der Waals surface area contributed by atoms with Gasteiger partial charge in [-0.1, -0.05) is 26.0 Å². The summed E-state index contributed by atoms with van der Waals surface area (Å²) in [6.07, 6.45) is -0.0902. The van der Waals surface area contributed by atoms with Gasteiger partial charge in [-0.2, -0.15) is 0 Å². The van der Waals surface area contributed by atoms with Gasteiger partial charge in [-0.25, -0.2) is 8.78 Å². The van der Waals surface area contributed by atoms with E-state index in [0.29, 0.717) is 0 Å². The first-order chi connectivity index (χ1) is 8.84. The number of Topliss-reactive ketones (excluding diaryl/α,β-unsaturated/α-hetero) is 1. The lowest BCUT2D eigenvalue weighted by atomic mass is 9.91. The Morgan fingerprint density at radius 2 is 1.79 bits per heavy atom. The molecular formula is C15H21F2NO. The van der Waals surface area contributed by atoms with Gasteiger partial charge in [0.15, 0.2) is 17.4 Å². The molecular weight excluding hydrogens is 248 g/mol. The molecule has 0 N–H and O–H groups in total. The van der Waals surface area contributed by atoms with E-state index in [4.69, 9.17) is 0 Å². The Bertz CT molecular complexity index is 453. The predicted octanol–water partition coefficient (Wildman–Crippen LogP) is 3.20. The summed E-state index contributed by atoms with van der Waals surface area (Å²) in [5, 5.41) is 0. The fourth-order valence-corrected chi connectivity index (χ4v) is 2.26. The van der Waals surface area contributed by atoms with E-state index in [2.05, 4.69) is 0 Å². The molecule has 0 aliphatic heterocycles. The van der Waals surface area contributed by atoms with Crippen molar-refractivity contribution in [3.8, 4) is 0 Å². The molecule has 1 rings (SSSR count). The van der Waals surface area contributed by atoms with Crippen molar-refractivity contribution in [1.29, 1.82) is 0 Å². The first-order valence-corrected chi connectivity index (χ1v) is 6.55. The van der Waals surface area contributed by atoms with Gasteiger partial charge < -0.3 is 0 Å². The highest BCUT2D eigenvalue weighted by Gasteiger charge is 2.32. The number of hydrogen-bond donors (Lipinski definition) is 0. The van der Waals surface area contributed by atoms with E-state index in [1.54, 1.807) is 0 Å². The lowest BCUT2D eigenvalue weighted by Gasteiger charge is -2.35. The zero-order valence-electron chi connectivity index (χ0n) is 12.0. The summed E-state index contributed by atoms with van der Waals surface area (Å²) in [5.41, 5.74) is -0.562. The number of likely N-dealkylation sites (N-methyl/N-ethyl adjacent to an activating group) is 1. The summed E-state index contributed by atoms with van der Waals surface area (Å²) in [5.74, 6) is -1.95. The average molecular weight is 269 g/mol. The summed E-state index contributed by atoms with van der Waals surface area (Å²) in [6, 6.07) is 3.93. The average Bonchev–Trinajstić information content (AvgIpc) is 2.36. The molecule has 1 aromatic carbocycles. The van der Waals surface area contributed by atoms with E-state index in [9.17, 15) is 13.6 Å². The van der Waals surface area contributed by atoms with E-state index in [-0.39, 0.29) is 17.8 Å². The normalized spacial score (nSPS) is 11.9. The lowest BCUT2D eigenvalue weighted by Crippen LogP contribution is -2.50. The molecule has 0 unspecified atom stereocenters. The van der Waals surface area contributed by atoms with Crippen LogP contribution < -0.4 is 0 Å². The molecule has 0 aromatic heterocycles. The molecule has 0 heterocycles. The van der Waals surface area contributed by atoms with Crippen LogP contribution in [0.25, 0.3) is 0 Å². The molecule has 0 saturated carbocycles. The molecule has 0 aliphatic carbocycles. The van der Waals surface area contributed by atoms with Gasteiger partial charge in [0.1, 0.15) is 0 Å². The maximum Gasteiger partial charge on any atom is 0.162 e. The molecule has 4 heteroatoms. The molecule has 1 aromatic rings. The molecule has 106 valence electrons. The first-order valence-electron chi connectivity index (χ1n) is 6.55. The van der Waals surface area contributed by atoms with Crippen molar-refractivity contribution in [2.45, 2.75) is 39.7 Å². The molecule has 2 nitrogen and oxygen atoms in total. The monoisotopic (exact) mass is 269 g/mol. The third kappa shape index (κ3) is 3.38. The fraction of sp³-hybridized carbons (Fsp3) is 0.533. The van der Waals surface area contributed by atoms with Gasteiger partial charge in [0.25, 0.3) is 0 Å². The number of carbonyl (C=O) groups excluding carboxylic acids is 1. The van der Waals surface area contributed by atoms with Crippen molar-refractivity contribution in [3.05, 3.63) is 35.4 Å². The number of ketones is 1. The summed E-state index contributed by atoms with van der Waals surface area (Å²) < 4.78 is 26.7. The molecule has 19 heavy (non-hydrogen) atoms. The molecule has 0 fully saturated rings. The van der Waals surface area contributed by atoms with Crippen LogP contribution in [-0.2, 0) is 11.2 Å².